The largest absolute Gasteiger partial charge is 0.398 e. The predicted molar refractivity (Wildman–Crippen MR) is 76.7 cm³/mol. The number of hydrogen-bond donors (Lipinski definition) is 1. The molecule has 1 aliphatic heterocycles. The molecule has 3 heteroatoms. The summed E-state index contributed by atoms with van der Waals surface area (Å²) in [6, 6.07) is 11.1. The summed E-state index contributed by atoms with van der Waals surface area (Å²) in [5.74, 6) is -0.178. The Balaban J connectivity index is 1.90. The number of hydrogen-bond acceptors (Lipinski definition) is 2. The van der Waals surface area contributed by atoms with Crippen LogP contribution in [0.5, 0.6) is 0 Å². The highest BCUT2D eigenvalue weighted by molar-refractivity contribution is 5.60. The standard InChI is InChI=1S/C16H17FN2/c1-11-2-5-15(18)13(8-11)10-19-7-6-12-3-4-14(17)9-16(12)19/h2-5,8-9H,6-7,10,18H2,1H3. The maximum atomic E-state index is 13.4. The van der Waals surface area contributed by atoms with E-state index < -0.39 is 0 Å². The minimum absolute atomic E-state index is 0.178. The molecule has 0 radical (unpaired) electrons. The number of fused-ring (bicyclic) bond motifs is 1. The molecule has 2 aromatic rings. The summed E-state index contributed by atoms with van der Waals surface area (Å²) in [7, 11) is 0. The van der Waals surface area contributed by atoms with Crippen molar-refractivity contribution in [2.75, 3.05) is 17.2 Å². The van der Waals surface area contributed by atoms with E-state index in [-0.39, 0.29) is 5.82 Å². The van der Waals surface area contributed by atoms with Gasteiger partial charge in [-0.2, -0.15) is 0 Å². The first kappa shape index (κ1) is 12.0. The lowest BCUT2D eigenvalue weighted by Crippen LogP contribution is -2.20. The Morgan fingerprint density at radius 2 is 2.05 bits per heavy atom. The van der Waals surface area contributed by atoms with E-state index in [0.29, 0.717) is 0 Å². The van der Waals surface area contributed by atoms with Gasteiger partial charge in [0.05, 0.1) is 0 Å². The molecule has 0 bridgehead atoms. The van der Waals surface area contributed by atoms with Gasteiger partial charge in [-0.3, -0.25) is 0 Å². The molecular weight excluding hydrogens is 239 g/mol. The first-order valence-corrected chi connectivity index (χ1v) is 6.52. The van der Waals surface area contributed by atoms with Gasteiger partial charge in [-0.1, -0.05) is 23.8 Å². The van der Waals surface area contributed by atoms with E-state index in [2.05, 4.69) is 17.9 Å². The van der Waals surface area contributed by atoms with Gasteiger partial charge < -0.3 is 10.6 Å². The molecule has 98 valence electrons. The number of halogens is 1. The summed E-state index contributed by atoms with van der Waals surface area (Å²) in [6.45, 7) is 3.72. The van der Waals surface area contributed by atoms with Crippen molar-refractivity contribution in [2.45, 2.75) is 19.9 Å². The minimum Gasteiger partial charge on any atom is -0.398 e. The maximum Gasteiger partial charge on any atom is 0.125 e. The summed E-state index contributed by atoms with van der Waals surface area (Å²) >= 11 is 0. The molecule has 0 atom stereocenters. The van der Waals surface area contributed by atoms with Gasteiger partial charge in [0, 0.05) is 24.5 Å². The third-order valence-electron chi connectivity index (χ3n) is 3.70. The van der Waals surface area contributed by atoms with Gasteiger partial charge in [-0.15, -0.1) is 0 Å². The zero-order chi connectivity index (χ0) is 13.4. The van der Waals surface area contributed by atoms with Crippen LogP contribution in [0.3, 0.4) is 0 Å². The number of anilines is 2. The molecule has 1 heterocycles. The molecular formula is C16H17FN2. The fourth-order valence-electron chi connectivity index (χ4n) is 2.66. The van der Waals surface area contributed by atoms with Crippen LogP contribution in [0.15, 0.2) is 36.4 Å². The van der Waals surface area contributed by atoms with Crippen LogP contribution in [0.4, 0.5) is 15.8 Å². The molecule has 0 fully saturated rings. The van der Waals surface area contributed by atoms with Crippen molar-refractivity contribution in [1.29, 1.82) is 0 Å². The number of nitrogens with zero attached hydrogens (tertiary/aromatic N) is 1. The summed E-state index contributed by atoms with van der Waals surface area (Å²) in [5, 5.41) is 0. The second-order valence-electron chi connectivity index (χ2n) is 5.15. The zero-order valence-electron chi connectivity index (χ0n) is 11.0. The van der Waals surface area contributed by atoms with Gasteiger partial charge in [-0.05, 0) is 42.7 Å². The van der Waals surface area contributed by atoms with Crippen molar-refractivity contribution in [1.82, 2.24) is 0 Å². The number of benzene rings is 2. The first-order chi connectivity index (χ1) is 9.13. The Hall–Kier alpha value is -2.03. The molecule has 0 aromatic heterocycles. The van der Waals surface area contributed by atoms with Crippen molar-refractivity contribution in [3.63, 3.8) is 0 Å². The molecule has 0 unspecified atom stereocenters. The summed E-state index contributed by atoms with van der Waals surface area (Å²) in [4.78, 5) is 2.20. The monoisotopic (exact) mass is 256 g/mol. The van der Waals surface area contributed by atoms with Crippen LogP contribution < -0.4 is 10.6 Å². The molecule has 2 N–H and O–H groups in total. The summed E-state index contributed by atoms with van der Waals surface area (Å²) in [5.41, 5.74) is 11.3. The molecule has 0 spiro atoms. The van der Waals surface area contributed by atoms with Gasteiger partial charge in [0.25, 0.3) is 0 Å². The Morgan fingerprint density at radius 1 is 1.21 bits per heavy atom. The van der Waals surface area contributed by atoms with Crippen molar-refractivity contribution in [3.05, 3.63) is 58.9 Å². The minimum atomic E-state index is -0.178. The lowest BCUT2D eigenvalue weighted by molar-refractivity contribution is 0.627. The Kier molecular flexibility index (Phi) is 2.90. The van der Waals surface area contributed by atoms with Crippen LogP contribution in [0.25, 0.3) is 0 Å². The first-order valence-electron chi connectivity index (χ1n) is 6.52. The van der Waals surface area contributed by atoms with Crippen LogP contribution in [0.2, 0.25) is 0 Å². The van der Waals surface area contributed by atoms with E-state index in [9.17, 15) is 4.39 Å². The molecule has 19 heavy (non-hydrogen) atoms. The fourth-order valence-corrected chi connectivity index (χ4v) is 2.66. The second kappa shape index (κ2) is 4.57. The smallest absolute Gasteiger partial charge is 0.125 e. The van der Waals surface area contributed by atoms with E-state index in [1.165, 1.54) is 17.2 Å². The van der Waals surface area contributed by atoms with E-state index in [1.807, 2.05) is 18.2 Å². The topological polar surface area (TPSA) is 29.3 Å². The van der Waals surface area contributed by atoms with Crippen LogP contribution in [-0.2, 0) is 13.0 Å². The average molecular weight is 256 g/mol. The Morgan fingerprint density at radius 3 is 2.89 bits per heavy atom. The summed E-state index contributed by atoms with van der Waals surface area (Å²) in [6.07, 6.45) is 0.974. The van der Waals surface area contributed by atoms with Crippen LogP contribution in [-0.4, -0.2) is 6.54 Å². The van der Waals surface area contributed by atoms with Crippen LogP contribution in [0, 0.1) is 12.7 Å². The highest BCUT2D eigenvalue weighted by atomic mass is 19.1. The second-order valence-corrected chi connectivity index (χ2v) is 5.15. The molecule has 0 amide bonds. The predicted octanol–water partition coefficient (Wildman–Crippen LogP) is 3.28. The fraction of sp³-hybridized carbons (Fsp3) is 0.250. The van der Waals surface area contributed by atoms with Gasteiger partial charge in [0.1, 0.15) is 5.82 Å². The molecule has 2 aromatic carbocycles. The van der Waals surface area contributed by atoms with E-state index in [4.69, 9.17) is 5.73 Å². The Labute approximate surface area is 112 Å². The number of rotatable bonds is 2. The third-order valence-corrected chi connectivity index (χ3v) is 3.70. The van der Waals surface area contributed by atoms with Crippen molar-refractivity contribution in [2.24, 2.45) is 0 Å². The SMILES string of the molecule is Cc1ccc(N)c(CN2CCc3ccc(F)cc32)c1. The lowest BCUT2D eigenvalue weighted by Gasteiger charge is -2.20. The van der Waals surface area contributed by atoms with Crippen LogP contribution >= 0.6 is 0 Å². The molecule has 3 rings (SSSR count). The molecule has 0 aliphatic carbocycles. The van der Waals surface area contributed by atoms with Crippen molar-refractivity contribution in [3.8, 4) is 0 Å². The zero-order valence-corrected chi connectivity index (χ0v) is 11.0. The van der Waals surface area contributed by atoms with E-state index in [0.717, 1.165) is 36.4 Å². The molecule has 0 saturated heterocycles. The normalized spacial score (nSPS) is 13.7. The molecule has 1 aliphatic rings. The quantitative estimate of drug-likeness (QED) is 0.835. The number of aryl methyl sites for hydroxylation is 1. The van der Waals surface area contributed by atoms with Crippen molar-refractivity contribution < 1.29 is 4.39 Å². The van der Waals surface area contributed by atoms with Crippen LogP contribution in [0.1, 0.15) is 16.7 Å². The lowest BCUT2D eigenvalue weighted by atomic mass is 10.1. The van der Waals surface area contributed by atoms with Gasteiger partial charge >= 0.3 is 0 Å². The molecule has 0 saturated carbocycles. The highest BCUT2D eigenvalue weighted by Crippen LogP contribution is 2.31. The van der Waals surface area contributed by atoms with Gasteiger partial charge in [-0.25, -0.2) is 4.39 Å². The maximum absolute atomic E-state index is 13.4. The number of nitrogen functional groups attached to an aromatic ring is 1. The summed E-state index contributed by atoms with van der Waals surface area (Å²) < 4.78 is 13.4. The van der Waals surface area contributed by atoms with Crippen molar-refractivity contribution >= 4 is 11.4 Å². The van der Waals surface area contributed by atoms with E-state index >= 15 is 0 Å². The Bertz CT molecular complexity index is 622. The van der Waals surface area contributed by atoms with Gasteiger partial charge in [0.2, 0.25) is 0 Å². The average Bonchev–Trinajstić information content (AvgIpc) is 2.77. The van der Waals surface area contributed by atoms with E-state index in [1.54, 1.807) is 6.07 Å². The third kappa shape index (κ3) is 2.28. The van der Waals surface area contributed by atoms with Gasteiger partial charge in [0.15, 0.2) is 0 Å². The highest BCUT2D eigenvalue weighted by Gasteiger charge is 2.20. The number of nitrogens with two attached hydrogens (primary N) is 1. The molecule has 2 nitrogen and oxygen atoms in total.